The molecule has 0 saturated carbocycles. The first-order valence-corrected chi connectivity index (χ1v) is 22.4. The molecule has 0 bridgehead atoms. The Morgan fingerprint density at radius 2 is 0.921 bits per heavy atom. The summed E-state index contributed by atoms with van der Waals surface area (Å²) in [6, 6.07) is 84.8. The Morgan fingerprint density at radius 1 is 0.333 bits per heavy atom. The number of aromatic nitrogens is 1. The molecule has 0 fully saturated rings. The van der Waals surface area contributed by atoms with Gasteiger partial charge in [-0.25, -0.2) is 0 Å². The zero-order chi connectivity index (χ0) is 41.4. The molecule has 3 heteroatoms. The van der Waals surface area contributed by atoms with Gasteiger partial charge < -0.3 is 9.47 Å². The number of hydrogen-bond acceptors (Lipinski definition) is 2. The molecule has 294 valence electrons. The molecule has 0 aliphatic rings. The summed E-state index contributed by atoms with van der Waals surface area (Å²) < 4.78 is 5.00. The quantitative estimate of drug-likeness (QED) is 0.152. The first-order chi connectivity index (χ1) is 31.2. The molecule has 0 unspecified atom stereocenters. The molecule has 0 saturated heterocycles. The highest BCUT2D eigenvalue weighted by molar-refractivity contribution is 7.26. The fourth-order valence-electron chi connectivity index (χ4n) is 9.97. The second-order valence-corrected chi connectivity index (χ2v) is 17.5. The maximum Gasteiger partial charge on any atom is 0.0541 e. The van der Waals surface area contributed by atoms with Crippen molar-refractivity contribution in [2.24, 2.45) is 0 Å². The Balaban J connectivity index is 0.967. The predicted molar refractivity (Wildman–Crippen MR) is 272 cm³/mol. The van der Waals surface area contributed by atoms with Crippen molar-refractivity contribution in [1.29, 1.82) is 0 Å². The van der Waals surface area contributed by atoms with E-state index in [1.165, 1.54) is 96.5 Å². The van der Waals surface area contributed by atoms with Crippen molar-refractivity contribution in [2.45, 2.75) is 0 Å². The average Bonchev–Trinajstić information content (AvgIpc) is 3.90. The van der Waals surface area contributed by atoms with E-state index in [0.717, 1.165) is 22.7 Å². The summed E-state index contributed by atoms with van der Waals surface area (Å²) >= 11 is 1.89. The minimum absolute atomic E-state index is 1.10. The third kappa shape index (κ3) is 5.78. The van der Waals surface area contributed by atoms with Crippen LogP contribution < -0.4 is 4.90 Å². The summed E-state index contributed by atoms with van der Waals surface area (Å²) in [5, 5.41) is 12.7. The van der Waals surface area contributed by atoms with Crippen LogP contribution >= 0.6 is 11.3 Å². The van der Waals surface area contributed by atoms with Crippen LogP contribution in [0.3, 0.4) is 0 Å². The molecular formula is C60H38N2S. The van der Waals surface area contributed by atoms with Crippen LogP contribution in [0.1, 0.15) is 0 Å². The molecule has 2 heterocycles. The minimum atomic E-state index is 1.10. The molecule has 0 N–H and O–H groups in total. The zero-order valence-corrected chi connectivity index (χ0v) is 35.1. The van der Waals surface area contributed by atoms with Gasteiger partial charge in [0.05, 0.1) is 16.7 Å². The largest absolute Gasteiger partial charge is 0.310 e. The summed E-state index contributed by atoms with van der Waals surface area (Å²) in [5.74, 6) is 0. The average molecular weight is 819 g/mol. The standard InChI is InChI=1S/C60H38N2S/c1-3-16-48-40(12-1)24-25-42-26-27-44(37-55(42)48)49-17-5-8-21-56(49)61(47-33-35-53-54-34-30-41-13-2-4-18-50(41)60(54)63-59(53)38-47)45-31-28-39(29-32-45)43-14-11-15-46(36-43)62-57-22-9-6-19-51(57)52-20-7-10-23-58(52)62/h1-38H. The van der Waals surface area contributed by atoms with Crippen molar-refractivity contribution in [1.82, 2.24) is 4.57 Å². The maximum absolute atomic E-state index is 2.45. The molecule has 2 aromatic heterocycles. The molecule has 0 amide bonds. The Morgan fingerprint density at radius 3 is 1.71 bits per heavy atom. The lowest BCUT2D eigenvalue weighted by atomic mass is 9.95. The lowest BCUT2D eigenvalue weighted by Gasteiger charge is -2.28. The molecule has 2 nitrogen and oxygen atoms in total. The molecule has 0 atom stereocenters. The van der Waals surface area contributed by atoms with Crippen LogP contribution in [0.4, 0.5) is 17.1 Å². The predicted octanol–water partition coefficient (Wildman–Crippen LogP) is 17.4. The van der Waals surface area contributed by atoms with Crippen LogP contribution in [0.5, 0.6) is 0 Å². The number of rotatable bonds is 6. The lowest BCUT2D eigenvalue weighted by molar-refractivity contribution is 1.18. The number of fused-ring (bicyclic) bond motifs is 11. The van der Waals surface area contributed by atoms with Crippen LogP contribution in [-0.4, -0.2) is 4.57 Å². The lowest BCUT2D eigenvalue weighted by Crippen LogP contribution is -2.11. The summed E-state index contributed by atoms with van der Waals surface area (Å²) in [6.07, 6.45) is 0. The van der Waals surface area contributed by atoms with E-state index in [9.17, 15) is 0 Å². The second-order valence-electron chi connectivity index (χ2n) is 16.5. The monoisotopic (exact) mass is 818 g/mol. The number of anilines is 3. The molecule has 0 radical (unpaired) electrons. The van der Waals surface area contributed by atoms with Crippen molar-refractivity contribution < 1.29 is 0 Å². The van der Waals surface area contributed by atoms with E-state index in [1.807, 2.05) is 11.3 Å². The van der Waals surface area contributed by atoms with Crippen molar-refractivity contribution >= 4 is 103 Å². The van der Waals surface area contributed by atoms with E-state index in [0.29, 0.717) is 0 Å². The molecule has 13 aromatic rings. The molecule has 13 rings (SSSR count). The molecule has 0 aliphatic carbocycles. The van der Waals surface area contributed by atoms with Crippen LogP contribution in [0, 0.1) is 0 Å². The van der Waals surface area contributed by atoms with Gasteiger partial charge in [0.1, 0.15) is 0 Å². The van der Waals surface area contributed by atoms with Gasteiger partial charge in [-0.1, -0.05) is 170 Å². The molecular weight excluding hydrogens is 781 g/mol. The summed E-state index contributed by atoms with van der Waals surface area (Å²) in [4.78, 5) is 2.45. The number of para-hydroxylation sites is 3. The SMILES string of the molecule is c1cc(-c2ccc(N(c3ccc4c(c3)sc3c5ccccc5ccc43)c3ccccc3-c3ccc4ccc5ccccc5c4c3)cc2)cc(-n2c3ccccc3c3ccccc32)c1. The highest BCUT2D eigenvalue weighted by Gasteiger charge is 2.20. The molecule has 63 heavy (non-hydrogen) atoms. The Hall–Kier alpha value is -7.98. The topological polar surface area (TPSA) is 8.17 Å². The fraction of sp³-hybridized carbons (Fsp3) is 0. The van der Waals surface area contributed by atoms with E-state index in [1.54, 1.807) is 0 Å². The van der Waals surface area contributed by atoms with Crippen molar-refractivity contribution in [3.63, 3.8) is 0 Å². The number of hydrogen-bond donors (Lipinski definition) is 0. The smallest absolute Gasteiger partial charge is 0.0541 e. The van der Waals surface area contributed by atoms with Crippen LogP contribution in [0.15, 0.2) is 231 Å². The van der Waals surface area contributed by atoms with Crippen LogP contribution in [0.2, 0.25) is 0 Å². The fourth-order valence-corrected chi connectivity index (χ4v) is 11.2. The van der Waals surface area contributed by atoms with Gasteiger partial charge in [0.25, 0.3) is 0 Å². The van der Waals surface area contributed by atoms with Crippen molar-refractivity contribution in [3.8, 4) is 27.9 Å². The van der Waals surface area contributed by atoms with Gasteiger partial charge in [0.2, 0.25) is 0 Å². The first kappa shape index (κ1) is 35.7. The van der Waals surface area contributed by atoms with Gasteiger partial charge in [-0.05, 0) is 110 Å². The molecule has 0 spiro atoms. The highest BCUT2D eigenvalue weighted by Crippen LogP contribution is 2.46. The zero-order valence-electron chi connectivity index (χ0n) is 34.2. The van der Waals surface area contributed by atoms with E-state index >= 15 is 0 Å². The third-order valence-corrected chi connectivity index (χ3v) is 14.2. The van der Waals surface area contributed by atoms with Crippen molar-refractivity contribution in [2.75, 3.05) is 4.90 Å². The Bertz CT molecular complexity index is 3870. The van der Waals surface area contributed by atoms with Crippen LogP contribution in [-0.2, 0) is 0 Å². The minimum Gasteiger partial charge on any atom is -0.310 e. The Labute approximate surface area is 368 Å². The summed E-state index contributed by atoms with van der Waals surface area (Å²) in [7, 11) is 0. The highest BCUT2D eigenvalue weighted by atomic mass is 32.1. The van der Waals surface area contributed by atoms with Gasteiger partial charge >= 0.3 is 0 Å². The van der Waals surface area contributed by atoms with Crippen LogP contribution in [0.25, 0.3) is 102 Å². The molecule has 0 aliphatic heterocycles. The van der Waals surface area contributed by atoms with Gasteiger partial charge in [-0.15, -0.1) is 11.3 Å². The van der Waals surface area contributed by atoms with Crippen molar-refractivity contribution in [3.05, 3.63) is 231 Å². The van der Waals surface area contributed by atoms with Gasteiger partial charge in [-0.2, -0.15) is 0 Å². The Kier molecular flexibility index (Phi) is 8.12. The first-order valence-electron chi connectivity index (χ1n) is 21.6. The van der Waals surface area contributed by atoms with Gasteiger partial charge in [0.15, 0.2) is 0 Å². The molecule has 11 aromatic carbocycles. The van der Waals surface area contributed by atoms with E-state index in [-0.39, 0.29) is 0 Å². The maximum atomic E-state index is 2.45. The van der Waals surface area contributed by atoms with Gasteiger partial charge in [0, 0.05) is 53.6 Å². The van der Waals surface area contributed by atoms with Gasteiger partial charge in [-0.3, -0.25) is 0 Å². The number of nitrogens with zero attached hydrogens (tertiary/aromatic N) is 2. The third-order valence-electron chi connectivity index (χ3n) is 13.0. The summed E-state index contributed by atoms with van der Waals surface area (Å²) in [5.41, 5.74) is 11.6. The van der Waals surface area contributed by atoms with E-state index < -0.39 is 0 Å². The summed E-state index contributed by atoms with van der Waals surface area (Å²) in [6.45, 7) is 0. The number of thiophene rings is 1. The van der Waals surface area contributed by atoms with E-state index in [2.05, 4.69) is 240 Å². The second kappa shape index (κ2) is 14.3. The van der Waals surface area contributed by atoms with E-state index in [4.69, 9.17) is 0 Å². The normalized spacial score (nSPS) is 11.8. The number of benzene rings is 11.